The maximum Gasteiger partial charge on any atom is 0.265 e. The molecule has 8 nitrogen and oxygen atoms in total. The predicted molar refractivity (Wildman–Crippen MR) is 102 cm³/mol. The largest absolute Gasteiger partial charge is 0.508 e. The van der Waals surface area contributed by atoms with Gasteiger partial charge in [-0.3, -0.25) is 0 Å². The molecule has 0 atom stereocenters. The first-order valence-corrected chi connectivity index (χ1v) is 8.41. The Labute approximate surface area is 155 Å². The number of nitrogens with zero attached hydrogens (tertiary/aromatic N) is 5. The van der Waals surface area contributed by atoms with Crippen molar-refractivity contribution in [1.29, 1.82) is 0 Å². The summed E-state index contributed by atoms with van der Waals surface area (Å²) in [7, 11) is 1.91. The van der Waals surface area contributed by atoms with Crippen LogP contribution in [0.15, 0.2) is 46.0 Å². The van der Waals surface area contributed by atoms with Gasteiger partial charge in [0.1, 0.15) is 17.0 Å². The first-order valence-electron chi connectivity index (χ1n) is 7.62. The molecule has 0 aliphatic carbocycles. The number of aryl methyl sites for hydroxylation is 1. The molecule has 130 valence electrons. The number of anilines is 1. The van der Waals surface area contributed by atoms with Crippen molar-refractivity contribution < 1.29 is 10.2 Å². The molecule has 0 spiro atoms. The van der Waals surface area contributed by atoms with Crippen LogP contribution in [0.2, 0.25) is 0 Å². The van der Waals surface area contributed by atoms with Gasteiger partial charge in [0.25, 0.3) is 5.95 Å². The highest BCUT2D eigenvalue weighted by Gasteiger charge is 2.12. The molecule has 9 heteroatoms. The van der Waals surface area contributed by atoms with Crippen molar-refractivity contribution in [3.8, 4) is 11.5 Å². The number of rotatable bonds is 3. The van der Waals surface area contributed by atoms with E-state index in [9.17, 15) is 10.2 Å². The van der Waals surface area contributed by atoms with Crippen molar-refractivity contribution in [2.24, 2.45) is 12.1 Å². The highest BCUT2D eigenvalue weighted by atomic mass is 79.9. The van der Waals surface area contributed by atoms with Crippen LogP contribution in [0, 0.1) is 0 Å². The molecule has 26 heavy (non-hydrogen) atoms. The Morgan fingerprint density at radius 2 is 2.00 bits per heavy atom. The second-order valence-corrected chi connectivity index (χ2v) is 6.56. The monoisotopic (exact) mass is 412 g/mol. The summed E-state index contributed by atoms with van der Waals surface area (Å²) in [6, 6.07) is 10.2. The molecule has 2 aromatic heterocycles. The van der Waals surface area contributed by atoms with Crippen LogP contribution in [0.4, 0.5) is 5.95 Å². The minimum atomic E-state index is -0.0793. The highest BCUT2D eigenvalue weighted by Crippen LogP contribution is 2.28. The summed E-state index contributed by atoms with van der Waals surface area (Å²) in [5, 5.41) is 32.3. The maximum atomic E-state index is 9.74. The second kappa shape index (κ2) is 6.26. The quantitative estimate of drug-likeness (QED) is 0.352. The first-order chi connectivity index (χ1) is 12.5. The molecular weight excluding hydrogens is 400 g/mol. The summed E-state index contributed by atoms with van der Waals surface area (Å²) in [6.07, 6.45) is 1.40. The van der Waals surface area contributed by atoms with E-state index in [0.29, 0.717) is 16.7 Å². The van der Waals surface area contributed by atoms with E-state index >= 15 is 0 Å². The number of phenolic OH excluding ortho intramolecular Hbond substituents is 2. The van der Waals surface area contributed by atoms with Crippen LogP contribution in [-0.4, -0.2) is 36.2 Å². The molecule has 0 radical (unpaired) electrons. The normalized spacial score (nSPS) is 11.6. The summed E-state index contributed by atoms with van der Waals surface area (Å²) >= 11 is 3.46. The van der Waals surface area contributed by atoms with Crippen LogP contribution in [0.3, 0.4) is 0 Å². The van der Waals surface area contributed by atoms with Gasteiger partial charge in [-0.1, -0.05) is 15.9 Å². The molecule has 0 unspecified atom stereocenters. The Bertz CT molecular complexity index is 1170. The van der Waals surface area contributed by atoms with Gasteiger partial charge in [-0.2, -0.15) is 10.1 Å². The van der Waals surface area contributed by atoms with E-state index < -0.39 is 0 Å². The Morgan fingerprint density at radius 3 is 2.81 bits per heavy atom. The average Bonchev–Trinajstić information content (AvgIpc) is 2.89. The zero-order chi connectivity index (χ0) is 18.3. The second-order valence-electron chi connectivity index (χ2n) is 5.64. The number of hydrogen-bond acceptors (Lipinski definition) is 7. The van der Waals surface area contributed by atoms with Crippen LogP contribution in [0.5, 0.6) is 11.5 Å². The fourth-order valence-corrected chi connectivity index (χ4v) is 3.04. The fraction of sp³-hybridized carbons (Fsp3) is 0.0588. The van der Waals surface area contributed by atoms with Gasteiger partial charge in [0, 0.05) is 28.5 Å². The molecular formula is C17H13BrN6O2. The van der Waals surface area contributed by atoms with E-state index in [-0.39, 0.29) is 17.4 Å². The highest BCUT2D eigenvalue weighted by molar-refractivity contribution is 9.10. The SMILES string of the molecule is Cn1c2ccc(Br)cc2c2nnc(NN=Cc3ccc(O)cc3O)nc21. The molecule has 0 saturated heterocycles. The number of hydrogen-bond donors (Lipinski definition) is 3. The third kappa shape index (κ3) is 2.82. The fourth-order valence-electron chi connectivity index (χ4n) is 2.68. The van der Waals surface area contributed by atoms with E-state index in [4.69, 9.17) is 0 Å². The van der Waals surface area contributed by atoms with Gasteiger partial charge in [0.15, 0.2) is 5.65 Å². The molecule has 0 bridgehead atoms. The van der Waals surface area contributed by atoms with Gasteiger partial charge in [-0.15, -0.1) is 10.2 Å². The maximum absolute atomic E-state index is 9.74. The lowest BCUT2D eigenvalue weighted by atomic mass is 10.2. The van der Waals surface area contributed by atoms with Crippen LogP contribution >= 0.6 is 15.9 Å². The molecule has 2 aromatic carbocycles. The van der Waals surface area contributed by atoms with E-state index in [1.807, 2.05) is 29.8 Å². The molecule has 4 aromatic rings. The van der Waals surface area contributed by atoms with Crippen molar-refractivity contribution in [3.05, 3.63) is 46.4 Å². The minimum absolute atomic E-state index is 0.0204. The Balaban J connectivity index is 1.66. The van der Waals surface area contributed by atoms with Crippen molar-refractivity contribution in [3.63, 3.8) is 0 Å². The molecule has 0 aliphatic heterocycles. The number of halogens is 1. The number of benzene rings is 2. The van der Waals surface area contributed by atoms with Gasteiger partial charge in [-0.05, 0) is 30.3 Å². The Kier molecular flexibility index (Phi) is 3.92. The average molecular weight is 413 g/mol. The summed E-state index contributed by atoms with van der Waals surface area (Å²) < 4.78 is 2.90. The van der Waals surface area contributed by atoms with Crippen LogP contribution in [0.25, 0.3) is 22.1 Å². The third-order valence-corrected chi connectivity index (χ3v) is 4.44. The predicted octanol–water partition coefficient (Wildman–Crippen LogP) is 3.14. The van der Waals surface area contributed by atoms with E-state index in [1.54, 1.807) is 6.07 Å². The van der Waals surface area contributed by atoms with Crippen LogP contribution in [0.1, 0.15) is 5.56 Å². The third-order valence-electron chi connectivity index (χ3n) is 3.94. The number of nitrogens with one attached hydrogen (secondary N) is 1. The molecule has 0 aliphatic rings. The molecule has 4 rings (SSSR count). The van der Waals surface area contributed by atoms with Gasteiger partial charge in [-0.25, -0.2) is 5.43 Å². The number of aromatic nitrogens is 4. The zero-order valence-corrected chi connectivity index (χ0v) is 15.1. The standard InChI is InChI=1S/C17H13BrN6O2/c1-24-13-5-3-10(18)6-12(13)15-16(24)20-17(23-21-15)22-19-8-9-2-4-11(25)7-14(9)26/h2-8,25-26H,1H3,(H,20,22,23). The van der Waals surface area contributed by atoms with Gasteiger partial charge in [0.05, 0.1) is 11.7 Å². The summed E-state index contributed by atoms with van der Waals surface area (Å²) in [6.45, 7) is 0. The smallest absolute Gasteiger partial charge is 0.265 e. The molecule has 0 fully saturated rings. The lowest BCUT2D eigenvalue weighted by Gasteiger charge is -2.01. The zero-order valence-electron chi connectivity index (χ0n) is 13.5. The Hall–Kier alpha value is -3.20. The van der Waals surface area contributed by atoms with E-state index in [0.717, 1.165) is 15.4 Å². The van der Waals surface area contributed by atoms with Gasteiger partial charge in [0.2, 0.25) is 0 Å². The van der Waals surface area contributed by atoms with Gasteiger partial charge >= 0.3 is 0 Å². The molecule has 0 saturated carbocycles. The van der Waals surface area contributed by atoms with E-state index in [1.165, 1.54) is 18.3 Å². The van der Waals surface area contributed by atoms with Gasteiger partial charge < -0.3 is 14.8 Å². The number of fused-ring (bicyclic) bond motifs is 3. The first kappa shape index (κ1) is 16.3. The summed E-state index contributed by atoms with van der Waals surface area (Å²) in [4.78, 5) is 4.46. The van der Waals surface area contributed by atoms with Crippen LogP contribution in [-0.2, 0) is 7.05 Å². The number of aromatic hydroxyl groups is 2. The molecule has 0 amide bonds. The number of hydrazone groups is 1. The summed E-state index contributed by atoms with van der Waals surface area (Å²) in [5.74, 6) is 0.134. The van der Waals surface area contributed by atoms with Crippen LogP contribution < -0.4 is 5.43 Å². The lowest BCUT2D eigenvalue weighted by molar-refractivity contribution is 0.450. The van der Waals surface area contributed by atoms with Crippen molar-refractivity contribution >= 4 is 50.2 Å². The van der Waals surface area contributed by atoms with Crippen molar-refractivity contribution in [1.82, 2.24) is 19.7 Å². The van der Waals surface area contributed by atoms with Crippen molar-refractivity contribution in [2.45, 2.75) is 0 Å². The topological polar surface area (TPSA) is 108 Å². The number of phenols is 2. The molecule has 3 N–H and O–H groups in total. The Morgan fingerprint density at radius 1 is 1.15 bits per heavy atom. The minimum Gasteiger partial charge on any atom is -0.508 e. The van der Waals surface area contributed by atoms with E-state index in [2.05, 4.69) is 41.6 Å². The lowest BCUT2D eigenvalue weighted by Crippen LogP contribution is -2.00. The summed E-state index contributed by atoms with van der Waals surface area (Å²) in [5.41, 5.74) is 5.52. The van der Waals surface area contributed by atoms with Crippen molar-refractivity contribution in [2.75, 3.05) is 5.43 Å². The molecule has 2 heterocycles.